The van der Waals surface area contributed by atoms with E-state index in [1.807, 2.05) is 11.8 Å². The summed E-state index contributed by atoms with van der Waals surface area (Å²) in [5, 5.41) is 6.64. The van der Waals surface area contributed by atoms with Crippen LogP contribution in [0.4, 0.5) is 0 Å². The molecule has 0 saturated carbocycles. The smallest absolute Gasteiger partial charge is 0.157 e. The summed E-state index contributed by atoms with van der Waals surface area (Å²) in [6.45, 7) is 4.33. The molecule has 2 heterocycles. The van der Waals surface area contributed by atoms with Crippen LogP contribution < -0.4 is 5.32 Å². The highest BCUT2D eigenvalue weighted by Crippen LogP contribution is 2.22. The third-order valence-corrected chi connectivity index (χ3v) is 4.31. The molecule has 14 heavy (non-hydrogen) atoms. The van der Waals surface area contributed by atoms with Crippen molar-refractivity contribution in [2.45, 2.75) is 25.9 Å². The summed E-state index contributed by atoms with van der Waals surface area (Å²) in [7, 11) is 0. The minimum atomic E-state index is 0.381. The standard InChI is InChI=1S/C10H14N2S2/c1-7-6-14-10(11-7)12-8(2)9-4-3-5-13-9/h3-5,7-8H,6H2,1-2H3,(H,11,12). The molecule has 0 fully saturated rings. The van der Waals surface area contributed by atoms with Crippen molar-refractivity contribution in [1.29, 1.82) is 0 Å². The van der Waals surface area contributed by atoms with Crippen LogP contribution in [0.1, 0.15) is 24.8 Å². The molecule has 1 N–H and O–H groups in total. The zero-order chi connectivity index (χ0) is 9.97. The average molecular weight is 226 g/mol. The first-order chi connectivity index (χ1) is 6.75. The summed E-state index contributed by atoms with van der Waals surface area (Å²) < 4.78 is 0. The molecule has 0 aromatic carbocycles. The molecule has 1 aliphatic rings. The van der Waals surface area contributed by atoms with Crippen LogP contribution in [0, 0.1) is 0 Å². The van der Waals surface area contributed by atoms with Crippen LogP contribution in [0.3, 0.4) is 0 Å². The number of nitrogens with zero attached hydrogens (tertiary/aromatic N) is 1. The maximum absolute atomic E-state index is 4.51. The monoisotopic (exact) mass is 226 g/mol. The summed E-state index contributed by atoms with van der Waals surface area (Å²) in [5.74, 6) is 1.11. The molecule has 4 heteroatoms. The van der Waals surface area contributed by atoms with Crippen LogP contribution in [0.5, 0.6) is 0 Å². The Hall–Kier alpha value is -0.480. The first kappa shape index (κ1) is 10.1. The van der Waals surface area contributed by atoms with Crippen LogP contribution in [-0.2, 0) is 0 Å². The molecule has 2 unspecified atom stereocenters. The molecule has 2 rings (SSSR count). The van der Waals surface area contributed by atoms with Crippen molar-refractivity contribution in [2.24, 2.45) is 4.99 Å². The summed E-state index contributed by atoms with van der Waals surface area (Å²) in [6.07, 6.45) is 0. The predicted molar refractivity (Wildman–Crippen MR) is 65.2 cm³/mol. The van der Waals surface area contributed by atoms with E-state index in [4.69, 9.17) is 0 Å². The molecular weight excluding hydrogens is 212 g/mol. The van der Waals surface area contributed by atoms with Gasteiger partial charge in [0, 0.05) is 10.6 Å². The van der Waals surface area contributed by atoms with Crippen LogP contribution in [0.25, 0.3) is 0 Å². The van der Waals surface area contributed by atoms with E-state index in [2.05, 4.69) is 41.7 Å². The number of rotatable bonds is 2. The third-order valence-electron chi connectivity index (χ3n) is 2.11. The summed E-state index contributed by atoms with van der Waals surface area (Å²) in [5.41, 5.74) is 0. The van der Waals surface area contributed by atoms with E-state index >= 15 is 0 Å². The van der Waals surface area contributed by atoms with E-state index in [1.54, 1.807) is 11.3 Å². The van der Waals surface area contributed by atoms with Crippen molar-refractivity contribution in [3.63, 3.8) is 0 Å². The Morgan fingerprint density at radius 1 is 1.64 bits per heavy atom. The van der Waals surface area contributed by atoms with Gasteiger partial charge in [-0.1, -0.05) is 17.8 Å². The number of aliphatic imine (C=N–C) groups is 1. The lowest BCUT2D eigenvalue weighted by molar-refractivity contribution is 0.732. The van der Waals surface area contributed by atoms with Gasteiger partial charge in [0.05, 0.1) is 12.1 Å². The van der Waals surface area contributed by atoms with Gasteiger partial charge >= 0.3 is 0 Å². The highest BCUT2D eigenvalue weighted by Gasteiger charge is 2.16. The highest BCUT2D eigenvalue weighted by atomic mass is 32.2. The Balaban J connectivity index is 1.95. The molecule has 0 bridgehead atoms. The van der Waals surface area contributed by atoms with Gasteiger partial charge in [-0.25, -0.2) is 0 Å². The van der Waals surface area contributed by atoms with Crippen LogP contribution >= 0.6 is 23.1 Å². The lowest BCUT2D eigenvalue weighted by Gasteiger charge is -2.12. The first-order valence-corrected chi connectivity index (χ1v) is 6.63. The van der Waals surface area contributed by atoms with Crippen molar-refractivity contribution in [1.82, 2.24) is 5.32 Å². The van der Waals surface area contributed by atoms with E-state index in [0.717, 1.165) is 10.9 Å². The van der Waals surface area contributed by atoms with Gasteiger partial charge in [-0.15, -0.1) is 11.3 Å². The van der Waals surface area contributed by atoms with Gasteiger partial charge in [0.15, 0.2) is 5.17 Å². The molecule has 0 amide bonds. The first-order valence-electron chi connectivity index (χ1n) is 4.76. The zero-order valence-electron chi connectivity index (χ0n) is 8.36. The molecule has 1 aromatic rings. The molecular formula is C10H14N2S2. The fraction of sp³-hybridized carbons (Fsp3) is 0.500. The molecule has 76 valence electrons. The van der Waals surface area contributed by atoms with E-state index in [0.29, 0.717) is 12.1 Å². The molecule has 0 aliphatic carbocycles. The number of thiophene rings is 1. The number of thioether (sulfide) groups is 1. The van der Waals surface area contributed by atoms with Crippen LogP contribution in [0.15, 0.2) is 22.5 Å². The van der Waals surface area contributed by atoms with Crippen LogP contribution in [0.2, 0.25) is 0 Å². The summed E-state index contributed by atoms with van der Waals surface area (Å²) in [6, 6.07) is 5.10. The number of amidine groups is 1. The molecule has 0 radical (unpaired) electrons. The Morgan fingerprint density at radius 3 is 3.07 bits per heavy atom. The van der Waals surface area contributed by atoms with Crippen molar-refractivity contribution in [3.8, 4) is 0 Å². The molecule has 2 nitrogen and oxygen atoms in total. The Labute approximate surface area is 92.8 Å². The molecule has 1 aliphatic heterocycles. The fourth-order valence-corrected chi connectivity index (χ4v) is 3.07. The molecule has 0 saturated heterocycles. The molecule has 0 spiro atoms. The van der Waals surface area contributed by atoms with Gasteiger partial charge in [0.2, 0.25) is 0 Å². The van der Waals surface area contributed by atoms with Crippen molar-refractivity contribution >= 4 is 28.3 Å². The van der Waals surface area contributed by atoms with Gasteiger partial charge in [0.1, 0.15) is 0 Å². The average Bonchev–Trinajstić information content (AvgIpc) is 2.75. The Bertz CT molecular complexity index is 319. The number of hydrogen-bond donors (Lipinski definition) is 1. The highest BCUT2D eigenvalue weighted by molar-refractivity contribution is 8.14. The molecule has 1 aromatic heterocycles. The molecule has 2 atom stereocenters. The zero-order valence-corrected chi connectivity index (χ0v) is 9.99. The SMILES string of the molecule is CC1CSC(NC(C)c2cccs2)=N1. The van der Waals surface area contributed by atoms with E-state index < -0.39 is 0 Å². The van der Waals surface area contributed by atoms with Gasteiger partial charge < -0.3 is 5.32 Å². The minimum absolute atomic E-state index is 0.381. The maximum atomic E-state index is 4.51. The number of hydrogen-bond acceptors (Lipinski definition) is 4. The van der Waals surface area contributed by atoms with Crippen molar-refractivity contribution in [2.75, 3.05) is 5.75 Å². The van der Waals surface area contributed by atoms with Gasteiger partial charge in [-0.2, -0.15) is 0 Å². The normalized spacial score (nSPS) is 23.3. The van der Waals surface area contributed by atoms with Gasteiger partial charge in [0.25, 0.3) is 0 Å². The van der Waals surface area contributed by atoms with Crippen molar-refractivity contribution < 1.29 is 0 Å². The lowest BCUT2D eigenvalue weighted by Crippen LogP contribution is -2.22. The van der Waals surface area contributed by atoms with Gasteiger partial charge in [-0.3, -0.25) is 4.99 Å². The van der Waals surface area contributed by atoms with E-state index in [-0.39, 0.29) is 0 Å². The maximum Gasteiger partial charge on any atom is 0.157 e. The topological polar surface area (TPSA) is 24.4 Å². The lowest BCUT2D eigenvalue weighted by atomic mass is 10.3. The van der Waals surface area contributed by atoms with Crippen molar-refractivity contribution in [3.05, 3.63) is 22.4 Å². The minimum Gasteiger partial charge on any atom is -0.358 e. The fourth-order valence-electron chi connectivity index (χ4n) is 1.35. The summed E-state index contributed by atoms with van der Waals surface area (Å²) in [4.78, 5) is 5.88. The quantitative estimate of drug-likeness (QED) is 0.838. The third kappa shape index (κ3) is 2.30. The Kier molecular flexibility index (Phi) is 3.13. The van der Waals surface area contributed by atoms with Gasteiger partial charge in [-0.05, 0) is 25.3 Å². The largest absolute Gasteiger partial charge is 0.358 e. The second-order valence-electron chi connectivity index (χ2n) is 3.48. The summed E-state index contributed by atoms with van der Waals surface area (Å²) >= 11 is 3.61. The van der Waals surface area contributed by atoms with Crippen LogP contribution in [-0.4, -0.2) is 17.0 Å². The van der Waals surface area contributed by atoms with E-state index in [9.17, 15) is 0 Å². The Morgan fingerprint density at radius 2 is 2.50 bits per heavy atom. The second-order valence-corrected chi connectivity index (χ2v) is 5.46. The predicted octanol–water partition coefficient (Wildman–Crippen LogP) is 2.89. The van der Waals surface area contributed by atoms with E-state index in [1.165, 1.54) is 4.88 Å². The second kappa shape index (κ2) is 4.36. The number of nitrogens with one attached hydrogen (secondary N) is 1.